The van der Waals surface area contributed by atoms with Crippen LogP contribution in [0, 0.1) is 13.8 Å². The standard InChI is InChI=1S/2C4H9.4HI.H2O.2Sn/c2*1-3-4-2;;;;;;;/h2*1,3-4H2,2H3;4*1H;1H2;;/q;;;;;;;2*+2/p-4. The molecule has 0 aliphatic rings. The quantitative estimate of drug-likeness (QED) is 0.196. The van der Waals surface area contributed by atoms with Gasteiger partial charge in [0.05, 0.1) is 0 Å². The maximum absolute atomic E-state index is 3.60. The van der Waals surface area contributed by atoms with Crippen molar-refractivity contribution >= 4 is 47.8 Å². The van der Waals surface area contributed by atoms with Crippen molar-refractivity contribution in [2.24, 2.45) is 0 Å². The molecule has 0 aromatic carbocycles. The van der Waals surface area contributed by atoms with Gasteiger partial charge in [-0.15, -0.1) is 0 Å². The molecule has 0 aliphatic carbocycles. The molecule has 0 saturated carbocycles. The molecule has 2 N–H and O–H groups in total. The average Bonchev–Trinajstić information content (AvgIpc) is 1.88. The van der Waals surface area contributed by atoms with Crippen molar-refractivity contribution in [1.29, 1.82) is 0 Å². The van der Waals surface area contributed by atoms with Crippen molar-refractivity contribution in [3.63, 3.8) is 0 Å². The van der Waals surface area contributed by atoms with Crippen LogP contribution in [0.5, 0.6) is 0 Å². The summed E-state index contributed by atoms with van der Waals surface area (Å²) in [5, 5.41) is 0. The van der Waals surface area contributed by atoms with E-state index in [4.69, 9.17) is 0 Å². The van der Waals surface area contributed by atoms with Crippen molar-refractivity contribution < 1.29 is 101 Å². The smallest absolute Gasteiger partial charge is 1.00 e. The van der Waals surface area contributed by atoms with Crippen molar-refractivity contribution in [2.75, 3.05) is 0 Å². The number of halogens is 4. The zero-order valence-corrected chi connectivity index (χ0v) is 23.6. The molecule has 94 valence electrons. The Morgan fingerprint density at radius 1 is 0.667 bits per heavy atom. The number of hydrogen-bond donors (Lipinski definition) is 0. The summed E-state index contributed by atoms with van der Waals surface area (Å²) >= 11 is 0. The third-order valence-electron chi connectivity index (χ3n) is 0.707. The van der Waals surface area contributed by atoms with Crippen LogP contribution in [0.4, 0.5) is 0 Å². The molecular weight excluding hydrogens is 857 g/mol. The van der Waals surface area contributed by atoms with Gasteiger partial charge >= 0.3 is 47.8 Å². The monoisotopic (exact) mass is 880 g/mol. The van der Waals surface area contributed by atoms with Crippen molar-refractivity contribution in [1.82, 2.24) is 0 Å². The Bertz CT molecular complexity index is 32.6. The SMILES string of the molecule is O.[CH2]CCC.[CH2]CCC.[I-].[I-].[I-].[I-].[Sn+2].[Sn+2]. The first-order valence-electron chi connectivity index (χ1n) is 3.41. The molecular formula is C8H20I4OSn2. The molecule has 1 nitrogen and oxygen atoms in total. The van der Waals surface area contributed by atoms with E-state index >= 15 is 0 Å². The molecule has 0 aromatic rings. The van der Waals surface area contributed by atoms with Crippen molar-refractivity contribution in [3.05, 3.63) is 13.8 Å². The summed E-state index contributed by atoms with van der Waals surface area (Å²) in [6, 6.07) is 0. The fourth-order valence-corrected chi connectivity index (χ4v) is 0. The normalized spacial score (nSPS) is 4.00. The molecule has 0 unspecified atom stereocenters. The number of unbranched alkanes of at least 4 members (excludes halogenated alkanes) is 2. The van der Waals surface area contributed by atoms with Crippen LogP contribution >= 0.6 is 0 Å². The minimum Gasteiger partial charge on any atom is -1.00 e. The minimum absolute atomic E-state index is 0. The van der Waals surface area contributed by atoms with Gasteiger partial charge in [-0.3, -0.25) is 0 Å². The maximum atomic E-state index is 3.60. The second-order valence-electron chi connectivity index (χ2n) is 1.71. The van der Waals surface area contributed by atoms with E-state index in [1.807, 2.05) is 0 Å². The van der Waals surface area contributed by atoms with Crippen LogP contribution in [0.3, 0.4) is 0 Å². The molecule has 7 heteroatoms. The Labute approximate surface area is 199 Å². The molecule has 0 spiro atoms. The first-order valence-corrected chi connectivity index (χ1v) is 3.41. The van der Waals surface area contributed by atoms with E-state index in [2.05, 4.69) is 27.7 Å². The van der Waals surface area contributed by atoms with Gasteiger partial charge in [0.25, 0.3) is 0 Å². The van der Waals surface area contributed by atoms with E-state index in [0.717, 1.165) is 12.8 Å². The summed E-state index contributed by atoms with van der Waals surface area (Å²) < 4.78 is 0. The van der Waals surface area contributed by atoms with Gasteiger partial charge in [-0.25, -0.2) is 0 Å². The minimum atomic E-state index is 0. The average molecular weight is 877 g/mol. The van der Waals surface area contributed by atoms with Gasteiger partial charge in [-0.1, -0.05) is 53.4 Å². The van der Waals surface area contributed by atoms with Crippen molar-refractivity contribution in [2.45, 2.75) is 39.5 Å². The molecule has 0 bridgehead atoms. The predicted octanol–water partition coefficient (Wildman–Crippen LogP) is -10.3. The van der Waals surface area contributed by atoms with Gasteiger partial charge in [0.1, 0.15) is 0 Å². The fourth-order valence-electron chi connectivity index (χ4n) is 0. The van der Waals surface area contributed by atoms with Crippen LogP contribution in [-0.4, -0.2) is 53.3 Å². The first-order chi connectivity index (χ1) is 3.83. The van der Waals surface area contributed by atoms with E-state index < -0.39 is 0 Å². The van der Waals surface area contributed by atoms with E-state index in [1.54, 1.807) is 0 Å². The van der Waals surface area contributed by atoms with Gasteiger partial charge in [-0.2, -0.15) is 0 Å². The van der Waals surface area contributed by atoms with E-state index in [-0.39, 0.29) is 149 Å². The maximum Gasteiger partial charge on any atom is 2.00 e. The molecule has 0 fully saturated rings. The molecule has 0 aliphatic heterocycles. The third kappa shape index (κ3) is 120. The van der Waals surface area contributed by atoms with Crippen LogP contribution in [-0.2, 0) is 0 Å². The van der Waals surface area contributed by atoms with E-state index in [1.165, 1.54) is 12.8 Å². The molecule has 0 saturated heterocycles. The summed E-state index contributed by atoms with van der Waals surface area (Å²) in [5.41, 5.74) is 0. The zero-order valence-electron chi connectivity index (χ0n) is 9.25. The Balaban J connectivity index is -0.00000000468. The second-order valence-corrected chi connectivity index (χ2v) is 1.71. The Hall–Kier alpha value is 4.48. The van der Waals surface area contributed by atoms with E-state index in [9.17, 15) is 0 Å². The summed E-state index contributed by atoms with van der Waals surface area (Å²) in [5.74, 6) is 0. The summed E-state index contributed by atoms with van der Waals surface area (Å²) in [4.78, 5) is 0. The third-order valence-corrected chi connectivity index (χ3v) is 0.707. The molecule has 0 rings (SSSR count). The van der Waals surface area contributed by atoms with Crippen LogP contribution in [0.25, 0.3) is 0 Å². The van der Waals surface area contributed by atoms with Gasteiger partial charge < -0.3 is 101 Å². The van der Waals surface area contributed by atoms with Crippen molar-refractivity contribution in [3.8, 4) is 0 Å². The zero-order chi connectivity index (χ0) is 6.83. The van der Waals surface area contributed by atoms with Gasteiger partial charge in [0.2, 0.25) is 0 Å². The predicted molar refractivity (Wildman–Crippen MR) is 55.7 cm³/mol. The van der Waals surface area contributed by atoms with Gasteiger partial charge in [-0.05, 0) is 0 Å². The summed E-state index contributed by atoms with van der Waals surface area (Å²) in [6.07, 6.45) is 4.56. The number of rotatable bonds is 2. The van der Waals surface area contributed by atoms with Crippen LogP contribution < -0.4 is 95.9 Å². The Morgan fingerprint density at radius 3 is 0.733 bits per heavy atom. The van der Waals surface area contributed by atoms with Gasteiger partial charge in [0, 0.05) is 0 Å². The van der Waals surface area contributed by atoms with Crippen LogP contribution in [0.1, 0.15) is 39.5 Å². The molecule has 0 heterocycles. The fraction of sp³-hybridized carbons (Fsp3) is 0.750. The Morgan fingerprint density at radius 2 is 0.733 bits per heavy atom. The van der Waals surface area contributed by atoms with Gasteiger partial charge in [0.15, 0.2) is 0 Å². The Kier molecular flexibility index (Phi) is 317. The number of hydrogen-bond acceptors (Lipinski definition) is 0. The summed E-state index contributed by atoms with van der Waals surface area (Å²) in [7, 11) is 0. The van der Waals surface area contributed by atoms with Crippen LogP contribution in [0.2, 0.25) is 0 Å². The molecule has 0 aromatic heterocycles. The van der Waals surface area contributed by atoms with E-state index in [0.29, 0.717) is 0 Å². The first kappa shape index (κ1) is 60.6. The molecule has 0 atom stereocenters. The van der Waals surface area contributed by atoms with Crippen LogP contribution in [0.15, 0.2) is 0 Å². The molecule has 0 amide bonds. The second kappa shape index (κ2) is 78.5. The topological polar surface area (TPSA) is 31.5 Å². The summed E-state index contributed by atoms with van der Waals surface area (Å²) in [6.45, 7) is 11.4. The molecule has 15 heavy (non-hydrogen) atoms. The molecule has 6 radical (unpaired) electrons. The largest absolute Gasteiger partial charge is 2.00 e.